The van der Waals surface area contributed by atoms with Gasteiger partial charge in [-0.15, -0.1) is 0 Å². The van der Waals surface area contributed by atoms with Crippen LogP contribution in [0, 0.1) is 18.8 Å². The van der Waals surface area contributed by atoms with Gasteiger partial charge in [-0.25, -0.2) is 5.48 Å². The molecule has 0 radical (unpaired) electrons. The molecule has 3 amide bonds. The molecule has 0 aliphatic carbocycles. The highest BCUT2D eigenvalue weighted by molar-refractivity contribution is 5.95. The van der Waals surface area contributed by atoms with Crippen LogP contribution in [0.3, 0.4) is 0 Å². The van der Waals surface area contributed by atoms with Crippen LogP contribution in [0.4, 0.5) is 0 Å². The lowest BCUT2D eigenvalue weighted by atomic mass is 9.89. The van der Waals surface area contributed by atoms with Crippen LogP contribution < -0.4 is 15.5 Å². The molecule has 2 aromatic carbocycles. The van der Waals surface area contributed by atoms with Crippen molar-refractivity contribution in [1.29, 1.82) is 0 Å². The summed E-state index contributed by atoms with van der Waals surface area (Å²) in [7, 11) is 0. The number of likely N-dealkylation sites (tertiary alicyclic amines) is 1. The van der Waals surface area contributed by atoms with Crippen molar-refractivity contribution in [2.45, 2.75) is 46.3 Å². The van der Waals surface area contributed by atoms with Crippen molar-refractivity contribution in [3.63, 3.8) is 0 Å². The number of carbonyl (C=O) groups is 3. The number of hydrogen-bond donors (Lipinski definition) is 3. The quantitative estimate of drug-likeness (QED) is 0.309. The lowest BCUT2D eigenvalue weighted by Crippen LogP contribution is -2.58. The SMILES string of the molecule is CCC(C)C(=O)N1CC[C@H](C(=O)NO)[C@H](NC(=O)c2ccc(OCc3cc(C)nc4ccccc34)cc2)C1. The molecule has 9 heteroatoms. The second-order valence-electron chi connectivity index (χ2n) is 9.80. The van der Waals surface area contributed by atoms with E-state index in [1.807, 2.05) is 51.1 Å². The molecule has 1 aromatic heterocycles. The van der Waals surface area contributed by atoms with Gasteiger partial charge in [0.15, 0.2) is 0 Å². The number of rotatable bonds is 8. The first-order valence-electron chi connectivity index (χ1n) is 12.9. The third kappa shape index (κ3) is 6.11. The van der Waals surface area contributed by atoms with E-state index in [0.717, 1.165) is 22.2 Å². The minimum Gasteiger partial charge on any atom is -0.489 e. The van der Waals surface area contributed by atoms with E-state index in [-0.39, 0.29) is 24.3 Å². The van der Waals surface area contributed by atoms with Crippen LogP contribution >= 0.6 is 0 Å². The van der Waals surface area contributed by atoms with Gasteiger partial charge in [-0.2, -0.15) is 0 Å². The summed E-state index contributed by atoms with van der Waals surface area (Å²) in [5.41, 5.74) is 4.94. The summed E-state index contributed by atoms with van der Waals surface area (Å²) in [5, 5.41) is 13.1. The number of aryl methyl sites for hydroxylation is 1. The molecule has 0 bridgehead atoms. The Morgan fingerprint density at radius 3 is 2.61 bits per heavy atom. The van der Waals surface area contributed by atoms with Crippen molar-refractivity contribution in [1.82, 2.24) is 20.7 Å². The zero-order valence-corrected chi connectivity index (χ0v) is 21.9. The minimum atomic E-state index is -0.647. The monoisotopic (exact) mass is 518 g/mol. The van der Waals surface area contributed by atoms with Crippen molar-refractivity contribution in [3.05, 3.63) is 71.4 Å². The lowest BCUT2D eigenvalue weighted by Gasteiger charge is -2.38. The van der Waals surface area contributed by atoms with Gasteiger partial charge >= 0.3 is 0 Å². The molecule has 4 rings (SSSR count). The first-order chi connectivity index (χ1) is 18.3. The molecule has 9 nitrogen and oxygen atoms in total. The Morgan fingerprint density at radius 1 is 1.16 bits per heavy atom. The van der Waals surface area contributed by atoms with Crippen LogP contribution in [0.5, 0.6) is 5.75 Å². The number of fused-ring (bicyclic) bond motifs is 1. The van der Waals surface area contributed by atoms with Gasteiger partial charge < -0.3 is 15.0 Å². The predicted molar refractivity (Wildman–Crippen MR) is 143 cm³/mol. The summed E-state index contributed by atoms with van der Waals surface area (Å²) < 4.78 is 5.99. The number of ether oxygens (including phenoxy) is 1. The summed E-state index contributed by atoms with van der Waals surface area (Å²) >= 11 is 0. The number of pyridine rings is 1. The Kier molecular flexibility index (Phi) is 8.58. The minimum absolute atomic E-state index is 0.00623. The summed E-state index contributed by atoms with van der Waals surface area (Å²) in [6.45, 7) is 6.71. The molecule has 3 aromatic rings. The first kappa shape index (κ1) is 27.1. The second kappa shape index (κ2) is 12.0. The van der Waals surface area contributed by atoms with Gasteiger partial charge in [-0.1, -0.05) is 32.0 Å². The van der Waals surface area contributed by atoms with Crippen LogP contribution in [-0.2, 0) is 16.2 Å². The summed E-state index contributed by atoms with van der Waals surface area (Å²) in [6, 6.07) is 16.1. The first-order valence-corrected chi connectivity index (χ1v) is 12.9. The molecular weight excluding hydrogens is 484 g/mol. The number of para-hydroxylation sites is 1. The Bertz CT molecular complexity index is 1310. The maximum Gasteiger partial charge on any atom is 0.251 e. The summed E-state index contributed by atoms with van der Waals surface area (Å²) in [4.78, 5) is 44.3. The maximum atomic E-state index is 13.1. The van der Waals surface area contributed by atoms with E-state index < -0.39 is 17.9 Å². The predicted octanol–water partition coefficient (Wildman–Crippen LogP) is 3.62. The zero-order valence-electron chi connectivity index (χ0n) is 21.9. The largest absolute Gasteiger partial charge is 0.489 e. The normalized spacial score (nSPS) is 18.1. The lowest BCUT2D eigenvalue weighted by molar-refractivity contribution is -0.142. The fourth-order valence-corrected chi connectivity index (χ4v) is 4.81. The Morgan fingerprint density at radius 2 is 1.89 bits per heavy atom. The van der Waals surface area contributed by atoms with Crippen LogP contribution in [0.15, 0.2) is 54.6 Å². The van der Waals surface area contributed by atoms with E-state index >= 15 is 0 Å². The second-order valence-corrected chi connectivity index (χ2v) is 9.80. The molecule has 1 fully saturated rings. The third-order valence-electron chi connectivity index (χ3n) is 7.16. The molecule has 3 N–H and O–H groups in total. The molecule has 1 aliphatic heterocycles. The van der Waals surface area contributed by atoms with Crippen LogP contribution in [0.1, 0.15) is 48.3 Å². The average molecular weight is 519 g/mol. The van der Waals surface area contributed by atoms with Crippen molar-refractivity contribution in [3.8, 4) is 5.75 Å². The number of carbonyl (C=O) groups excluding carboxylic acids is 3. The van der Waals surface area contributed by atoms with Crippen molar-refractivity contribution in [2.24, 2.45) is 11.8 Å². The van der Waals surface area contributed by atoms with Gasteiger partial charge in [0.1, 0.15) is 12.4 Å². The zero-order chi connectivity index (χ0) is 27.2. The smallest absolute Gasteiger partial charge is 0.251 e. The Labute approximate surface area is 222 Å². The van der Waals surface area contributed by atoms with Gasteiger partial charge in [-0.3, -0.25) is 24.6 Å². The highest BCUT2D eigenvalue weighted by Gasteiger charge is 2.37. The number of nitrogens with zero attached hydrogens (tertiary/aromatic N) is 2. The van der Waals surface area contributed by atoms with E-state index in [1.165, 1.54) is 0 Å². The van der Waals surface area contributed by atoms with Crippen LogP contribution in [-0.4, -0.2) is 51.9 Å². The average Bonchev–Trinajstić information content (AvgIpc) is 2.94. The number of piperidine rings is 1. The number of benzene rings is 2. The standard InChI is InChI=1S/C29H34N4O5/c1-4-18(2)29(36)33-14-13-24(28(35)32-37)26(16-33)31-27(34)20-9-11-22(12-10-20)38-17-21-15-19(3)30-25-8-6-5-7-23(21)25/h5-12,15,18,24,26,37H,4,13-14,16-17H2,1-3H3,(H,31,34)(H,32,35)/t18?,24-,26+/m0/s1. The molecular formula is C29H34N4O5. The molecule has 2 heterocycles. The molecule has 0 spiro atoms. The van der Waals surface area contributed by atoms with Gasteiger partial charge in [0.2, 0.25) is 11.8 Å². The summed E-state index contributed by atoms with van der Waals surface area (Å²) in [5.74, 6) is -1.13. The molecule has 1 saturated heterocycles. The fourth-order valence-electron chi connectivity index (χ4n) is 4.81. The number of aromatic nitrogens is 1. The molecule has 1 unspecified atom stereocenters. The fraction of sp³-hybridized carbons (Fsp3) is 0.379. The van der Waals surface area contributed by atoms with E-state index in [4.69, 9.17) is 4.74 Å². The molecule has 38 heavy (non-hydrogen) atoms. The highest BCUT2D eigenvalue weighted by atomic mass is 16.5. The molecule has 200 valence electrons. The van der Waals surface area contributed by atoms with E-state index in [1.54, 1.807) is 34.6 Å². The van der Waals surface area contributed by atoms with Gasteiger partial charge in [-0.05, 0) is 56.2 Å². The molecule has 3 atom stereocenters. The van der Waals surface area contributed by atoms with Crippen molar-refractivity contribution < 1.29 is 24.3 Å². The maximum absolute atomic E-state index is 13.1. The summed E-state index contributed by atoms with van der Waals surface area (Å²) in [6.07, 6.45) is 1.05. The Balaban J connectivity index is 1.42. The number of hydroxylamine groups is 1. The van der Waals surface area contributed by atoms with Crippen LogP contribution in [0.2, 0.25) is 0 Å². The Hall–Kier alpha value is -3.98. The molecule has 0 saturated carbocycles. The molecule has 1 aliphatic rings. The third-order valence-corrected chi connectivity index (χ3v) is 7.16. The number of hydrogen-bond acceptors (Lipinski definition) is 6. The topological polar surface area (TPSA) is 121 Å². The van der Waals surface area contributed by atoms with Gasteiger partial charge in [0, 0.05) is 41.2 Å². The number of amides is 3. The van der Waals surface area contributed by atoms with E-state index in [2.05, 4.69) is 10.3 Å². The van der Waals surface area contributed by atoms with Crippen molar-refractivity contribution >= 4 is 28.6 Å². The van der Waals surface area contributed by atoms with E-state index in [0.29, 0.717) is 37.3 Å². The number of nitrogens with one attached hydrogen (secondary N) is 2. The van der Waals surface area contributed by atoms with Crippen molar-refractivity contribution in [2.75, 3.05) is 13.1 Å². The van der Waals surface area contributed by atoms with E-state index in [9.17, 15) is 19.6 Å². The van der Waals surface area contributed by atoms with Gasteiger partial charge in [0.05, 0.1) is 17.5 Å². The highest BCUT2D eigenvalue weighted by Crippen LogP contribution is 2.23. The van der Waals surface area contributed by atoms with Gasteiger partial charge in [0.25, 0.3) is 5.91 Å². The van der Waals surface area contributed by atoms with Crippen LogP contribution in [0.25, 0.3) is 10.9 Å².